The first-order valence-electron chi connectivity index (χ1n) is 9.71. The third-order valence-electron chi connectivity index (χ3n) is 5.15. The van der Waals surface area contributed by atoms with Gasteiger partial charge in [0, 0.05) is 17.2 Å². The van der Waals surface area contributed by atoms with Crippen molar-refractivity contribution < 1.29 is 19.1 Å². The molecule has 1 aliphatic heterocycles. The minimum absolute atomic E-state index is 0.0819. The van der Waals surface area contributed by atoms with E-state index in [4.69, 9.17) is 21.7 Å². The van der Waals surface area contributed by atoms with Crippen molar-refractivity contribution in [1.29, 1.82) is 0 Å². The summed E-state index contributed by atoms with van der Waals surface area (Å²) in [4.78, 5) is 28.9. The first-order chi connectivity index (χ1) is 14.9. The molecule has 2 aromatic carbocycles. The number of thiocarbonyl (C=S) groups is 1. The second-order valence-electron chi connectivity index (χ2n) is 6.95. The number of amides is 2. The van der Waals surface area contributed by atoms with Crippen LogP contribution in [-0.2, 0) is 16.0 Å². The Morgan fingerprint density at radius 1 is 1.16 bits per heavy atom. The molecule has 0 aromatic heterocycles. The lowest BCUT2D eigenvalue weighted by molar-refractivity contribution is -0.122. The van der Waals surface area contributed by atoms with Crippen LogP contribution in [-0.4, -0.2) is 55.7 Å². The highest BCUT2D eigenvalue weighted by Crippen LogP contribution is 2.29. The van der Waals surface area contributed by atoms with E-state index in [1.165, 1.54) is 4.90 Å². The summed E-state index contributed by atoms with van der Waals surface area (Å²) in [6.45, 7) is 0.472. The Balaban J connectivity index is 1.79. The molecule has 0 bridgehead atoms. The SMILES string of the molecule is CNC(=S)N(CCc1ccc(OC)c(OC)c1)C1CC(=O)N(c2ccc(I)cc2)C1=O. The monoisotopic (exact) mass is 553 g/mol. The molecule has 1 aliphatic rings. The Morgan fingerprint density at radius 2 is 1.84 bits per heavy atom. The fourth-order valence-electron chi connectivity index (χ4n) is 3.55. The van der Waals surface area contributed by atoms with Crippen molar-refractivity contribution >= 4 is 57.4 Å². The summed E-state index contributed by atoms with van der Waals surface area (Å²) in [6, 6.07) is 12.4. The Kier molecular flexibility index (Phi) is 7.71. The number of halogens is 1. The summed E-state index contributed by atoms with van der Waals surface area (Å²) in [7, 11) is 4.89. The average molecular weight is 553 g/mol. The number of carbonyl (C=O) groups is 2. The van der Waals surface area contributed by atoms with Crippen molar-refractivity contribution in [1.82, 2.24) is 10.2 Å². The number of nitrogens with one attached hydrogen (secondary N) is 1. The molecule has 0 radical (unpaired) electrons. The molecule has 1 atom stereocenters. The zero-order valence-electron chi connectivity index (χ0n) is 17.6. The van der Waals surface area contributed by atoms with Gasteiger partial charge in [0.1, 0.15) is 6.04 Å². The Morgan fingerprint density at radius 3 is 2.45 bits per heavy atom. The van der Waals surface area contributed by atoms with Crippen molar-refractivity contribution in [3.63, 3.8) is 0 Å². The van der Waals surface area contributed by atoms with Gasteiger partial charge in [-0.25, -0.2) is 4.90 Å². The van der Waals surface area contributed by atoms with Gasteiger partial charge in [0.15, 0.2) is 16.6 Å². The largest absolute Gasteiger partial charge is 0.493 e. The molecular weight excluding hydrogens is 529 g/mol. The van der Waals surface area contributed by atoms with Gasteiger partial charge in [-0.1, -0.05) is 6.07 Å². The van der Waals surface area contributed by atoms with E-state index in [9.17, 15) is 9.59 Å². The van der Waals surface area contributed by atoms with Gasteiger partial charge in [-0.2, -0.15) is 0 Å². The van der Waals surface area contributed by atoms with Crippen LogP contribution < -0.4 is 19.7 Å². The van der Waals surface area contributed by atoms with E-state index in [0.29, 0.717) is 35.3 Å². The van der Waals surface area contributed by atoms with Crippen LogP contribution in [0.4, 0.5) is 5.69 Å². The number of anilines is 1. The number of hydrogen-bond donors (Lipinski definition) is 1. The molecule has 3 rings (SSSR count). The number of benzene rings is 2. The minimum Gasteiger partial charge on any atom is -0.493 e. The van der Waals surface area contributed by atoms with Gasteiger partial charge < -0.3 is 19.7 Å². The van der Waals surface area contributed by atoms with E-state index < -0.39 is 6.04 Å². The number of hydrogen-bond acceptors (Lipinski definition) is 5. The second kappa shape index (κ2) is 10.3. The molecule has 1 heterocycles. The maximum atomic E-state index is 13.2. The van der Waals surface area contributed by atoms with E-state index >= 15 is 0 Å². The highest BCUT2D eigenvalue weighted by atomic mass is 127. The fourth-order valence-corrected chi connectivity index (χ4v) is 4.13. The third kappa shape index (κ3) is 5.09. The molecule has 2 aromatic rings. The Bertz CT molecular complexity index is 983. The van der Waals surface area contributed by atoms with Gasteiger partial charge in [0.05, 0.1) is 26.3 Å². The summed E-state index contributed by atoms with van der Waals surface area (Å²) >= 11 is 7.65. The van der Waals surface area contributed by atoms with Crippen LogP contribution in [0.5, 0.6) is 11.5 Å². The molecule has 2 amide bonds. The summed E-state index contributed by atoms with van der Waals surface area (Å²) in [5.74, 6) is 0.792. The van der Waals surface area contributed by atoms with Crippen molar-refractivity contribution in [3.05, 3.63) is 51.6 Å². The number of imide groups is 1. The van der Waals surface area contributed by atoms with Crippen molar-refractivity contribution in [2.24, 2.45) is 0 Å². The molecule has 0 aliphatic carbocycles. The second-order valence-corrected chi connectivity index (χ2v) is 8.58. The maximum Gasteiger partial charge on any atom is 0.257 e. The number of carbonyl (C=O) groups excluding carboxylic acids is 2. The van der Waals surface area contributed by atoms with E-state index in [1.807, 2.05) is 30.3 Å². The van der Waals surface area contributed by atoms with Crippen molar-refractivity contribution in [2.75, 3.05) is 32.7 Å². The number of nitrogens with zero attached hydrogens (tertiary/aromatic N) is 2. The zero-order chi connectivity index (χ0) is 22.5. The van der Waals surface area contributed by atoms with Gasteiger partial charge >= 0.3 is 0 Å². The smallest absolute Gasteiger partial charge is 0.257 e. The molecule has 0 saturated carbocycles. The highest BCUT2D eigenvalue weighted by Gasteiger charge is 2.43. The number of rotatable bonds is 7. The lowest BCUT2D eigenvalue weighted by Crippen LogP contribution is -2.49. The van der Waals surface area contributed by atoms with Crippen LogP contribution in [0.2, 0.25) is 0 Å². The van der Waals surface area contributed by atoms with Crippen LogP contribution in [0, 0.1) is 3.57 Å². The van der Waals surface area contributed by atoms with Gasteiger partial charge in [0.2, 0.25) is 5.91 Å². The molecule has 1 saturated heterocycles. The minimum atomic E-state index is -0.646. The molecule has 7 nitrogen and oxygen atoms in total. The van der Waals surface area contributed by atoms with E-state index in [-0.39, 0.29) is 18.2 Å². The average Bonchev–Trinajstić information content (AvgIpc) is 3.07. The predicted octanol–water partition coefficient (Wildman–Crippen LogP) is 2.99. The van der Waals surface area contributed by atoms with Gasteiger partial charge in [-0.15, -0.1) is 0 Å². The summed E-state index contributed by atoms with van der Waals surface area (Å²) in [5.41, 5.74) is 1.58. The zero-order valence-corrected chi connectivity index (χ0v) is 20.5. The molecule has 1 N–H and O–H groups in total. The Hall–Kier alpha value is -2.40. The quantitative estimate of drug-likeness (QED) is 0.321. The van der Waals surface area contributed by atoms with E-state index in [1.54, 1.807) is 38.3 Å². The van der Waals surface area contributed by atoms with Gasteiger partial charge in [0.25, 0.3) is 5.91 Å². The van der Waals surface area contributed by atoms with Gasteiger partial charge in [-0.05, 0) is 83.2 Å². The number of ether oxygens (including phenoxy) is 2. The highest BCUT2D eigenvalue weighted by molar-refractivity contribution is 14.1. The standard InChI is InChI=1S/C22H24IN3O4S/c1-24-22(31)25(11-10-14-4-9-18(29-2)19(12-14)30-3)17-13-20(27)26(21(17)28)16-7-5-15(23)6-8-16/h4-9,12,17H,10-11,13H2,1-3H3,(H,24,31). The van der Waals surface area contributed by atoms with E-state index in [2.05, 4.69) is 27.9 Å². The first-order valence-corrected chi connectivity index (χ1v) is 11.2. The third-order valence-corrected chi connectivity index (χ3v) is 6.31. The Labute approximate surface area is 200 Å². The molecule has 9 heteroatoms. The lowest BCUT2D eigenvalue weighted by atomic mass is 10.1. The maximum absolute atomic E-state index is 13.2. The topological polar surface area (TPSA) is 71.1 Å². The van der Waals surface area contributed by atoms with Crippen LogP contribution in [0.1, 0.15) is 12.0 Å². The summed E-state index contributed by atoms with van der Waals surface area (Å²) in [6.07, 6.45) is 0.697. The van der Waals surface area contributed by atoms with Crippen molar-refractivity contribution in [2.45, 2.75) is 18.9 Å². The van der Waals surface area contributed by atoms with E-state index in [0.717, 1.165) is 9.13 Å². The molecular formula is C22H24IN3O4S. The molecule has 0 spiro atoms. The van der Waals surface area contributed by atoms with Crippen LogP contribution in [0.15, 0.2) is 42.5 Å². The van der Waals surface area contributed by atoms with Crippen LogP contribution >= 0.6 is 34.8 Å². The molecule has 1 fully saturated rings. The molecule has 31 heavy (non-hydrogen) atoms. The molecule has 164 valence electrons. The normalized spacial score (nSPS) is 15.7. The number of methoxy groups -OCH3 is 2. The lowest BCUT2D eigenvalue weighted by Gasteiger charge is -2.29. The summed E-state index contributed by atoms with van der Waals surface area (Å²) in [5, 5.41) is 3.37. The fraction of sp³-hybridized carbons (Fsp3) is 0.318. The molecule has 1 unspecified atom stereocenters. The van der Waals surface area contributed by atoms with Gasteiger partial charge in [-0.3, -0.25) is 9.59 Å². The predicted molar refractivity (Wildman–Crippen MR) is 132 cm³/mol. The van der Waals surface area contributed by atoms with Crippen LogP contribution in [0.25, 0.3) is 0 Å². The summed E-state index contributed by atoms with van der Waals surface area (Å²) < 4.78 is 11.7. The van der Waals surface area contributed by atoms with Crippen molar-refractivity contribution in [3.8, 4) is 11.5 Å². The first kappa shape index (κ1) is 23.3. The van der Waals surface area contributed by atoms with Crippen LogP contribution in [0.3, 0.4) is 0 Å².